The standard InChI is InChI=1S/C23H42N2O4/c1-4-5-22(26)19-6-8-21(9-7-19)25-13-10-20(11-14-25)23(27)24-12-15-28-16-17-29-18(2)3/h18-21H,4-17H2,1-3H3,(H,24,27). The Bertz CT molecular complexity index is 481. The van der Waals surface area contributed by atoms with Gasteiger partial charge in [0, 0.05) is 30.8 Å². The van der Waals surface area contributed by atoms with E-state index >= 15 is 0 Å². The number of carbonyl (C=O) groups excluding carboxylic acids is 2. The number of amides is 1. The van der Waals surface area contributed by atoms with Crippen molar-refractivity contribution in [1.29, 1.82) is 0 Å². The van der Waals surface area contributed by atoms with Crippen molar-refractivity contribution in [2.45, 2.75) is 84.3 Å². The van der Waals surface area contributed by atoms with Crippen molar-refractivity contribution in [3.05, 3.63) is 0 Å². The van der Waals surface area contributed by atoms with Gasteiger partial charge in [-0.3, -0.25) is 9.59 Å². The summed E-state index contributed by atoms with van der Waals surface area (Å²) in [6.45, 7) is 10.4. The predicted octanol–water partition coefficient (Wildman–Crippen LogP) is 3.18. The summed E-state index contributed by atoms with van der Waals surface area (Å²) >= 11 is 0. The van der Waals surface area contributed by atoms with Crippen LogP contribution in [-0.2, 0) is 19.1 Å². The number of rotatable bonds is 12. The second-order valence-corrected chi connectivity index (χ2v) is 8.85. The number of piperidine rings is 1. The van der Waals surface area contributed by atoms with E-state index < -0.39 is 0 Å². The number of nitrogens with zero attached hydrogens (tertiary/aromatic N) is 1. The SMILES string of the molecule is CCCC(=O)C1CCC(N2CCC(C(=O)NCCOCCOC(C)C)CC2)CC1. The minimum Gasteiger partial charge on any atom is -0.377 e. The summed E-state index contributed by atoms with van der Waals surface area (Å²) in [7, 11) is 0. The van der Waals surface area contributed by atoms with Crippen molar-refractivity contribution in [3.8, 4) is 0 Å². The second kappa shape index (κ2) is 13.3. The second-order valence-electron chi connectivity index (χ2n) is 8.85. The number of likely N-dealkylation sites (tertiary alicyclic amines) is 1. The summed E-state index contributed by atoms with van der Waals surface area (Å²) in [6, 6.07) is 0.603. The molecule has 1 N–H and O–H groups in total. The fraction of sp³-hybridized carbons (Fsp3) is 0.913. The normalized spacial score (nSPS) is 24.0. The van der Waals surface area contributed by atoms with Gasteiger partial charge in [-0.05, 0) is 71.9 Å². The van der Waals surface area contributed by atoms with Gasteiger partial charge < -0.3 is 19.7 Å². The minimum absolute atomic E-state index is 0.123. The Labute approximate surface area is 177 Å². The van der Waals surface area contributed by atoms with E-state index in [9.17, 15) is 9.59 Å². The molecule has 0 aromatic rings. The van der Waals surface area contributed by atoms with Crippen LogP contribution in [0.15, 0.2) is 0 Å². The van der Waals surface area contributed by atoms with Crippen LogP contribution in [0.25, 0.3) is 0 Å². The van der Waals surface area contributed by atoms with Gasteiger partial charge in [0.1, 0.15) is 5.78 Å². The molecule has 6 nitrogen and oxygen atoms in total. The van der Waals surface area contributed by atoms with Crippen molar-refractivity contribution in [3.63, 3.8) is 0 Å². The zero-order chi connectivity index (χ0) is 21.1. The van der Waals surface area contributed by atoms with Crippen LogP contribution in [0, 0.1) is 11.8 Å². The highest BCUT2D eigenvalue weighted by Crippen LogP contribution is 2.31. The number of Topliss-reactive ketones (excluding diaryl/α,β-unsaturated/α-hetero) is 1. The first kappa shape index (κ1) is 24.3. The molecule has 6 heteroatoms. The molecule has 1 saturated carbocycles. The molecule has 0 unspecified atom stereocenters. The smallest absolute Gasteiger partial charge is 0.223 e. The highest BCUT2D eigenvalue weighted by atomic mass is 16.5. The van der Waals surface area contributed by atoms with E-state index in [-0.39, 0.29) is 17.9 Å². The van der Waals surface area contributed by atoms with Gasteiger partial charge in [-0.25, -0.2) is 0 Å². The number of ketones is 1. The Kier molecular flexibility index (Phi) is 11.2. The van der Waals surface area contributed by atoms with Gasteiger partial charge in [0.15, 0.2) is 0 Å². The van der Waals surface area contributed by atoms with E-state index in [0.717, 1.165) is 64.5 Å². The van der Waals surface area contributed by atoms with Crippen LogP contribution in [0.4, 0.5) is 0 Å². The van der Waals surface area contributed by atoms with Gasteiger partial charge >= 0.3 is 0 Å². The number of hydrogen-bond acceptors (Lipinski definition) is 5. The van der Waals surface area contributed by atoms with Crippen molar-refractivity contribution in [2.75, 3.05) is 39.5 Å². The third-order valence-electron chi connectivity index (χ3n) is 6.29. The van der Waals surface area contributed by atoms with Crippen molar-refractivity contribution >= 4 is 11.7 Å². The van der Waals surface area contributed by atoms with Crippen LogP contribution in [0.1, 0.15) is 72.1 Å². The Morgan fingerprint density at radius 3 is 2.28 bits per heavy atom. The van der Waals surface area contributed by atoms with Gasteiger partial charge in [0.05, 0.1) is 25.9 Å². The molecule has 0 atom stereocenters. The van der Waals surface area contributed by atoms with E-state index in [1.165, 1.54) is 0 Å². The van der Waals surface area contributed by atoms with Crippen molar-refractivity contribution in [1.82, 2.24) is 10.2 Å². The van der Waals surface area contributed by atoms with Crippen LogP contribution in [0.2, 0.25) is 0 Å². The molecule has 29 heavy (non-hydrogen) atoms. The van der Waals surface area contributed by atoms with Crippen LogP contribution < -0.4 is 5.32 Å². The lowest BCUT2D eigenvalue weighted by Gasteiger charge is -2.40. The largest absolute Gasteiger partial charge is 0.377 e. The Morgan fingerprint density at radius 1 is 0.966 bits per heavy atom. The van der Waals surface area contributed by atoms with E-state index in [1.807, 2.05) is 13.8 Å². The summed E-state index contributed by atoms with van der Waals surface area (Å²) < 4.78 is 10.9. The monoisotopic (exact) mass is 410 g/mol. The van der Waals surface area contributed by atoms with Gasteiger partial charge in [-0.2, -0.15) is 0 Å². The van der Waals surface area contributed by atoms with E-state index in [1.54, 1.807) is 0 Å². The number of nitrogens with one attached hydrogen (secondary N) is 1. The molecule has 2 aliphatic rings. The number of ether oxygens (including phenoxy) is 2. The van der Waals surface area contributed by atoms with Crippen LogP contribution in [0.3, 0.4) is 0 Å². The van der Waals surface area contributed by atoms with Gasteiger partial charge in [0.2, 0.25) is 5.91 Å². The highest BCUT2D eigenvalue weighted by Gasteiger charge is 2.32. The Hall–Kier alpha value is -0.980. The maximum atomic E-state index is 12.4. The maximum Gasteiger partial charge on any atom is 0.223 e. The van der Waals surface area contributed by atoms with E-state index in [0.29, 0.717) is 44.1 Å². The van der Waals surface area contributed by atoms with Gasteiger partial charge in [-0.1, -0.05) is 6.92 Å². The zero-order valence-corrected chi connectivity index (χ0v) is 18.8. The maximum absolute atomic E-state index is 12.4. The van der Waals surface area contributed by atoms with Crippen LogP contribution >= 0.6 is 0 Å². The average Bonchev–Trinajstić information content (AvgIpc) is 2.73. The lowest BCUT2D eigenvalue weighted by atomic mass is 9.81. The Balaban J connectivity index is 1.55. The van der Waals surface area contributed by atoms with Crippen molar-refractivity contribution in [2.24, 2.45) is 11.8 Å². The molecule has 1 heterocycles. The number of hydrogen-bond donors (Lipinski definition) is 1. The van der Waals surface area contributed by atoms with E-state index in [2.05, 4.69) is 17.1 Å². The molecule has 0 bridgehead atoms. The average molecular weight is 411 g/mol. The lowest BCUT2D eigenvalue weighted by molar-refractivity contribution is -0.127. The summed E-state index contributed by atoms with van der Waals surface area (Å²) in [5, 5.41) is 3.02. The van der Waals surface area contributed by atoms with Crippen LogP contribution in [-0.4, -0.2) is 68.2 Å². The molecule has 0 spiro atoms. The van der Waals surface area contributed by atoms with Gasteiger partial charge in [0.25, 0.3) is 0 Å². The fourth-order valence-corrected chi connectivity index (χ4v) is 4.58. The molecule has 0 aromatic carbocycles. The molecule has 1 amide bonds. The third-order valence-corrected chi connectivity index (χ3v) is 6.29. The first-order chi connectivity index (χ1) is 14.0. The van der Waals surface area contributed by atoms with Crippen molar-refractivity contribution < 1.29 is 19.1 Å². The summed E-state index contributed by atoms with van der Waals surface area (Å²) in [6.07, 6.45) is 8.16. The number of carbonyl (C=O) groups is 2. The highest BCUT2D eigenvalue weighted by molar-refractivity contribution is 5.81. The lowest BCUT2D eigenvalue weighted by Crippen LogP contribution is -2.46. The minimum atomic E-state index is 0.123. The molecule has 2 rings (SSSR count). The molecule has 1 aliphatic heterocycles. The molecule has 2 fully saturated rings. The molecular formula is C23H42N2O4. The molecule has 1 aliphatic carbocycles. The Morgan fingerprint density at radius 2 is 1.66 bits per heavy atom. The molecule has 1 saturated heterocycles. The fourth-order valence-electron chi connectivity index (χ4n) is 4.58. The first-order valence-corrected chi connectivity index (χ1v) is 11.7. The molecule has 0 radical (unpaired) electrons. The third kappa shape index (κ3) is 8.73. The zero-order valence-electron chi connectivity index (χ0n) is 18.8. The van der Waals surface area contributed by atoms with Gasteiger partial charge in [-0.15, -0.1) is 0 Å². The summed E-state index contributed by atoms with van der Waals surface area (Å²) in [5.41, 5.74) is 0. The predicted molar refractivity (Wildman–Crippen MR) is 115 cm³/mol. The summed E-state index contributed by atoms with van der Waals surface area (Å²) in [5.74, 6) is 1.06. The first-order valence-electron chi connectivity index (χ1n) is 11.7. The molecule has 168 valence electrons. The van der Waals surface area contributed by atoms with Crippen LogP contribution in [0.5, 0.6) is 0 Å². The topological polar surface area (TPSA) is 67.9 Å². The molecule has 0 aromatic heterocycles. The summed E-state index contributed by atoms with van der Waals surface area (Å²) in [4.78, 5) is 27.1. The van der Waals surface area contributed by atoms with E-state index in [4.69, 9.17) is 9.47 Å². The molecular weight excluding hydrogens is 368 g/mol. The quantitative estimate of drug-likeness (QED) is 0.501.